The lowest BCUT2D eigenvalue weighted by Gasteiger charge is -2.31. The molecule has 0 N–H and O–H groups in total. The first kappa shape index (κ1) is 15.4. The van der Waals surface area contributed by atoms with Crippen molar-refractivity contribution < 1.29 is 9.26 Å². The second-order valence-corrected chi connectivity index (χ2v) is 6.60. The third kappa shape index (κ3) is 4.01. The number of rotatable bonds is 6. The second kappa shape index (κ2) is 7.15. The molecule has 1 fully saturated rings. The summed E-state index contributed by atoms with van der Waals surface area (Å²) in [5.41, 5.74) is 0. The Balaban J connectivity index is 1.53. The number of ether oxygens (including phenoxy) is 1. The Morgan fingerprint density at radius 2 is 2.32 bits per heavy atom. The van der Waals surface area contributed by atoms with E-state index in [1.807, 2.05) is 13.8 Å². The third-order valence-corrected chi connectivity index (χ3v) is 4.53. The Hall–Kier alpha value is -1.54. The molecule has 0 aliphatic carbocycles. The van der Waals surface area contributed by atoms with Gasteiger partial charge in [-0.3, -0.25) is 4.90 Å². The van der Waals surface area contributed by atoms with E-state index < -0.39 is 0 Å². The highest BCUT2D eigenvalue weighted by atomic mass is 32.1. The minimum atomic E-state index is 0.563. The fourth-order valence-electron chi connectivity index (χ4n) is 2.81. The lowest BCUT2D eigenvalue weighted by atomic mass is 9.95. The molecule has 22 heavy (non-hydrogen) atoms. The number of piperidine rings is 1. The van der Waals surface area contributed by atoms with E-state index >= 15 is 0 Å². The zero-order valence-corrected chi connectivity index (χ0v) is 13.8. The molecule has 1 aliphatic rings. The van der Waals surface area contributed by atoms with Crippen LogP contribution in [0.3, 0.4) is 0 Å². The van der Waals surface area contributed by atoms with Crippen LogP contribution in [0.4, 0.5) is 0 Å². The summed E-state index contributed by atoms with van der Waals surface area (Å²) in [6.07, 6.45) is 3.25. The average molecular weight is 323 g/mol. The molecule has 0 bridgehead atoms. The van der Waals surface area contributed by atoms with Gasteiger partial charge in [0.15, 0.2) is 5.82 Å². The highest BCUT2D eigenvalue weighted by Gasteiger charge is 2.23. The highest BCUT2D eigenvalue weighted by Crippen LogP contribution is 2.24. The van der Waals surface area contributed by atoms with Crippen molar-refractivity contribution >= 4 is 11.3 Å². The topological polar surface area (TPSA) is 77.2 Å². The van der Waals surface area contributed by atoms with Crippen molar-refractivity contribution in [3.05, 3.63) is 16.7 Å². The van der Waals surface area contributed by atoms with Gasteiger partial charge in [0.1, 0.15) is 5.01 Å². The summed E-state index contributed by atoms with van der Waals surface area (Å²) in [7, 11) is 0. The van der Waals surface area contributed by atoms with Crippen LogP contribution in [0, 0.1) is 12.8 Å². The van der Waals surface area contributed by atoms with E-state index in [2.05, 4.69) is 25.2 Å². The van der Waals surface area contributed by atoms with Gasteiger partial charge in [0.25, 0.3) is 5.19 Å². The molecule has 7 nitrogen and oxygen atoms in total. The maximum absolute atomic E-state index is 5.38. The van der Waals surface area contributed by atoms with E-state index in [0.29, 0.717) is 23.5 Å². The van der Waals surface area contributed by atoms with Gasteiger partial charge in [-0.25, -0.2) is 0 Å². The summed E-state index contributed by atoms with van der Waals surface area (Å²) in [4.78, 5) is 6.73. The number of aryl methyl sites for hydroxylation is 1. The largest absolute Gasteiger partial charge is 0.469 e. The molecule has 2 aromatic rings. The van der Waals surface area contributed by atoms with Crippen LogP contribution in [0.2, 0.25) is 0 Å². The number of aromatic nitrogens is 4. The van der Waals surface area contributed by atoms with E-state index in [4.69, 9.17) is 9.26 Å². The van der Waals surface area contributed by atoms with Gasteiger partial charge >= 0.3 is 0 Å². The molecule has 0 radical (unpaired) electrons. The van der Waals surface area contributed by atoms with Crippen LogP contribution in [-0.4, -0.2) is 44.9 Å². The predicted molar refractivity (Wildman–Crippen MR) is 81.8 cm³/mol. The SMILES string of the molecule is CCOc1nnc(CN2CCCC(Cc3nc(C)no3)C2)s1. The van der Waals surface area contributed by atoms with Gasteiger partial charge in [0.05, 0.1) is 13.2 Å². The molecule has 0 aromatic carbocycles. The van der Waals surface area contributed by atoms with Gasteiger partial charge in [-0.2, -0.15) is 4.98 Å². The zero-order chi connectivity index (χ0) is 15.4. The van der Waals surface area contributed by atoms with E-state index in [9.17, 15) is 0 Å². The molecule has 1 aliphatic heterocycles. The molecule has 3 rings (SSSR count). The minimum absolute atomic E-state index is 0.563. The first-order chi connectivity index (χ1) is 10.7. The van der Waals surface area contributed by atoms with E-state index in [1.165, 1.54) is 24.2 Å². The molecular formula is C14H21N5O2S. The molecule has 0 saturated carbocycles. The number of likely N-dealkylation sites (tertiary alicyclic amines) is 1. The van der Waals surface area contributed by atoms with Gasteiger partial charge in [-0.1, -0.05) is 16.5 Å². The lowest BCUT2D eigenvalue weighted by molar-refractivity contribution is 0.160. The highest BCUT2D eigenvalue weighted by molar-refractivity contribution is 7.13. The van der Waals surface area contributed by atoms with Gasteiger partial charge in [-0.05, 0) is 39.2 Å². The summed E-state index contributed by atoms with van der Waals surface area (Å²) in [6, 6.07) is 0. The first-order valence-corrected chi connectivity index (χ1v) is 8.51. The Bertz CT molecular complexity index is 600. The molecule has 1 atom stereocenters. The summed E-state index contributed by atoms with van der Waals surface area (Å²) < 4.78 is 10.6. The Kier molecular flexibility index (Phi) is 4.99. The van der Waals surface area contributed by atoms with Crippen LogP contribution in [0.15, 0.2) is 4.52 Å². The van der Waals surface area contributed by atoms with Gasteiger partial charge in [-0.15, -0.1) is 10.2 Å². The summed E-state index contributed by atoms with van der Waals surface area (Å²) in [6.45, 7) is 7.41. The van der Waals surface area contributed by atoms with Crippen LogP contribution in [-0.2, 0) is 13.0 Å². The molecule has 1 unspecified atom stereocenters. The normalized spacial score (nSPS) is 19.5. The lowest BCUT2D eigenvalue weighted by Crippen LogP contribution is -2.35. The van der Waals surface area contributed by atoms with Crippen LogP contribution in [0.5, 0.6) is 5.19 Å². The quantitative estimate of drug-likeness (QED) is 0.805. The fourth-order valence-corrected chi connectivity index (χ4v) is 3.60. The van der Waals surface area contributed by atoms with E-state index in [-0.39, 0.29) is 0 Å². The van der Waals surface area contributed by atoms with Crippen LogP contribution < -0.4 is 4.74 Å². The third-order valence-electron chi connectivity index (χ3n) is 3.71. The molecule has 0 amide bonds. The molecule has 0 spiro atoms. The average Bonchev–Trinajstić information content (AvgIpc) is 3.09. The van der Waals surface area contributed by atoms with Gasteiger partial charge in [0, 0.05) is 13.0 Å². The van der Waals surface area contributed by atoms with Gasteiger partial charge < -0.3 is 9.26 Å². The molecule has 120 valence electrons. The standard InChI is InChI=1S/C14H21N5O2S/c1-3-20-14-17-16-13(22-14)9-19-6-4-5-11(8-19)7-12-15-10(2)18-21-12/h11H,3-9H2,1-2H3. The summed E-state index contributed by atoms with van der Waals surface area (Å²) in [5.74, 6) is 2.02. The number of nitrogens with zero attached hydrogens (tertiary/aromatic N) is 5. The first-order valence-electron chi connectivity index (χ1n) is 7.69. The van der Waals surface area contributed by atoms with Gasteiger partial charge in [0.2, 0.25) is 5.89 Å². The fraction of sp³-hybridized carbons (Fsp3) is 0.714. The number of hydrogen-bond donors (Lipinski definition) is 0. The molecule has 3 heterocycles. The van der Waals surface area contributed by atoms with Crippen molar-refractivity contribution in [2.75, 3.05) is 19.7 Å². The summed E-state index contributed by atoms with van der Waals surface area (Å²) in [5, 5.41) is 13.8. The molecule has 1 saturated heterocycles. The van der Waals surface area contributed by atoms with Crippen LogP contribution in [0.1, 0.15) is 36.5 Å². The van der Waals surface area contributed by atoms with Crippen molar-refractivity contribution in [1.29, 1.82) is 0 Å². The predicted octanol–water partition coefficient (Wildman–Crippen LogP) is 2.08. The number of hydrogen-bond acceptors (Lipinski definition) is 8. The van der Waals surface area contributed by atoms with Crippen LogP contribution >= 0.6 is 11.3 Å². The second-order valence-electron chi connectivity index (χ2n) is 5.58. The Morgan fingerprint density at radius 3 is 3.09 bits per heavy atom. The molecule has 2 aromatic heterocycles. The van der Waals surface area contributed by atoms with E-state index in [0.717, 1.165) is 37.0 Å². The van der Waals surface area contributed by atoms with Crippen molar-refractivity contribution in [2.24, 2.45) is 5.92 Å². The Labute approximate surface area is 133 Å². The monoisotopic (exact) mass is 323 g/mol. The van der Waals surface area contributed by atoms with Crippen LogP contribution in [0.25, 0.3) is 0 Å². The minimum Gasteiger partial charge on any atom is -0.469 e. The zero-order valence-electron chi connectivity index (χ0n) is 13.0. The maximum Gasteiger partial charge on any atom is 0.294 e. The smallest absolute Gasteiger partial charge is 0.294 e. The van der Waals surface area contributed by atoms with Crippen molar-refractivity contribution in [3.63, 3.8) is 0 Å². The van der Waals surface area contributed by atoms with Crippen molar-refractivity contribution in [2.45, 2.75) is 39.7 Å². The summed E-state index contributed by atoms with van der Waals surface area (Å²) >= 11 is 1.53. The van der Waals surface area contributed by atoms with Crippen molar-refractivity contribution in [1.82, 2.24) is 25.2 Å². The van der Waals surface area contributed by atoms with E-state index in [1.54, 1.807) is 0 Å². The molecule has 8 heteroatoms. The Morgan fingerprint density at radius 1 is 1.41 bits per heavy atom. The maximum atomic E-state index is 5.38. The molecular weight excluding hydrogens is 302 g/mol. The van der Waals surface area contributed by atoms with Crippen molar-refractivity contribution in [3.8, 4) is 5.19 Å².